The van der Waals surface area contributed by atoms with Gasteiger partial charge in [-0.3, -0.25) is 0 Å². The number of hydrogen-bond acceptors (Lipinski definition) is 11. The predicted molar refractivity (Wildman–Crippen MR) is 220 cm³/mol. The molecule has 0 aliphatic rings. The van der Waals surface area contributed by atoms with Crippen LogP contribution in [-0.2, 0) is 45.3 Å². The van der Waals surface area contributed by atoms with Crippen molar-refractivity contribution in [1.29, 1.82) is 0 Å². The molecule has 46 heavy (non-hydrogen) atoms. The average molecular weight is 862 g/mol. The SMILES string of the molecule is C[SiH](O[SiH](C)O[Si](C)(C)C)O[SiH](C)O[Si](C)(C)O[Si](C)(C)O[Si](C)(C)O[Si](C)(C)O[Si](C)(C)O[Si](C)(C)O[Si](C)(C)O[Si](C)(C)C. The molecule has 0 aliphatic heterocycles. The monoisotopic (exact) mass is 860 g/mol. The van der Waals surface area contributed by atoms with Crippen molar-refractivity contribution in [3.8, 4) is 0 Å². The van der Waals surface area contributed by atoms with Crippen molar-refractivity contribution in [3.63, 3.8) is 0 Å². The molecule has 0 saturated heterocycles. The summed E-state index contributed by atoms with van der Waals surface area (Å²) in [6.07, 6.45) is 0. The molecule has 0 heterocycles. The molecule has 0 radical (unpaired) electrons. The molecule has 0 aliphatic carbocycles. The average Bonchev–Trinajstić information content (AvgIpc) is 2.55. The molecule has 0 fully saturated rings. The molecule has 0 spiro atoms. The fraction of sp³-hybridized carbons (Fsp3) is 1.00. The Morgan fingerprint density at radius 1 is 0.261 bits per heavy atom. The van der Waals surface area contributed by atoms with E-state index in [1.54, 1.807) is 0 Å². The first-order valence-electron chi connectivity index (χ1n) is 16.4. The molecule has 0 amide bonds. The molecule has 0 aromatic carbocycles. The van der Waals surface area contributed by atoms with Crippen LogP contribution in [-0.4, -0.2) is 104 Å². The third-order valence-corrected chi connectivity index (χ3v) is 47.1. The molecular formula is C23H72O11Si12. The van der Waals surface area contributed by atoms with E-state index >= 15 is 0 Å². The molecule has 11 nitrogen and oxygen atoms in total. The van der Waals surface area contributed by atoms with Gasteiger partial charge < -0.3 is 45.3 Å². The first-order chi connectivity index (χ1) is 19.8. The van der Waals surface area contributed by atoms with Crippen LogP contribution in [0.25, 0.3) is 0 Å². The highest BCUT2D eigenvalue weighted by molar-refractivity contribution is 6.92. The summed E-state index contributed by atoms with van der Waals surface area (Å²) in [6, 6.07) is 0. The summed E-state index contributed by atoms with van der Waals surface area (Å²) in [5, 5.41) is 0. The normalized spacial score (nSPS) is 17.3. The summed E-state index contributed by atoms with van der Waals surface area (Å²) in [5.74, 6) is 0. The van der Waals surface area contributed by atoms with Crippen LogP contribution < -0.4 is 0 Å². The van der Waals surface area contributed by atoms with E-state index in [0.717, 1.165) is 0 Å². The van der Waals surface area contributed by atoms with Gasteiger partial charge in [-0.2, -0.15) is 0 Å². The van der Waals surface area contributed by atoms with Crippen LogP contribution in [0.1, 0.15) is 0 Å². The minimum absolute atomic E-state index is 1.62. The Hall–Kier alpha value is 2.16. The second kappa shape index (κ2) is 17.3. The van der Waals surface area contributed by atoms with Crippen LogP contribution in [0.5, 0.6) is 0 Å². The molecule has 0 N–H and O–H groups in total. The predicted octanol–water partition coefficient (Wildman–Crippen LogP) is 7.30. The van der Waals surface area contributed by atoms with Crippen molar-refractivity contribution in [2.45, 2.75) is 151 Å². The van der Waals surface area contributed by atoms with Crippen LogP contribution in [0.2, 0.25) is 151 Å². The molecule has 23 heteroatoms. The zero-order chi connectivity index (χ0) is 37.0. The van der Waals surface area contributed by atoms with E-state index < -0.39 is 104 Å². The van der Waals surface area contributed by atoms with Gasteiger partial charge in [-0.25, -0.2) is 0 Å². The van der Waals surface area contributed by atoms with Gasteiger partial charge in [0.2, 0.25) is 0 Å². The van der Waals surface area contributed by atoms with Crippen molar-refractivity contribution >= 4 is 104 Å². The lowest BCUT2D eigenvalue weighted by atomic mass is 11.8. The Labute approximate surface area is 298 Å². The fourth-order valence-corrected chi connectivity index (χ4v) is 57.9. The smallest absolute Gasteiger partial charge is 0.314 e. The van der Waals surface area contributed by atoms with Crippen LogP contribution in [0.15, 0.2) is 0 Å². The largest absolute Gasteiger partial charge is 0.439 e. The maximum atomic E-state index is 6.75. The van der Waals surface area contributed by atoms with E-state index in [1.807, 2.05) is 6.55 Å². The van der Waals surface area contributed by atoms with Gasteiger partial charge in [0.05, 0.1) is 0 Å². The van der Waals surface area contributed by atoms with Crippen molar-refractivity contribution in [3.05, 3.63) is 0 Å². The summed E-state index contributed by atoms with van der Waals surface area (Å²) in [4.78, 5) is 0. The van der Waals surface area contributed by atoms with Gasteiger partial charge in [0, 0.05) is 0 Å². The quantitative estimate of drug-likeness (QED) is 0.103. The van der Waals surface area contributed by atoms with Crippen molar-refractivity contribution < 1.29 is 45.3 Å². The lowest BCUT2D eigenvalue weighted by Crippen LogP contribution is -2.61. The summed E-state index contributed by atoms with van der Waals surface area (Å²) >= 11 is 0. The topological polar surface area (TPSA) is 102 Å². The van der Waals surface area contributed by atoms with Crippen molar-refractivity contribution in [2.24, 2.45) is 0 Å². The third-order valence-electron chi connectivity index (χ3n) is 5.24. The van der Waals surface area contributed by atoms with Crippen LogP contribution in [0.4, 0.5) is 0 Å². The van der Waals surface area contributed by atoms with E-state index in [1.165, 1.54) is 0 Å². The number of hydrogen-bond donors (Lipinski definition) is 0. The maximum Gasteiger partial charge on any atom is 0.314 e. The molecule has 0 aromatic rings. The molecule has 3 atom stereocenters. The van der Waals surface area contributed by atoms with Crippen LogP contribution >= 0.6 is 0 Å². The van der Waals surface area contributed by atoms with Gasteiger partial charge in [-0.1, -0.05) is 0 Å². The molecule has 0 bridgehead atoms. The lowest BCUT2D eigenvalue weighted by Gasteiger charge is -2.44. The van der Waals surface area contributed by atoms with E-state index in [0.29, 0.717) is 0 Å². The lowest BCUT2D eigenvalue weighted by molar-refractivity contribution is 0.258. The number of rotatable bonds is 22. The molecule has 3 unspecified atom stereocenters. The maximum absolute atomic E-state index is 6.75. The van der Waals surface area contributed by atoms with Gasteiger partial charge in [-0.05, 0) is 151 Å². The van der Waals surface area contributed by atoms with Crippen LogP contribution in [0, 0.1) is 0 Å². The van der Waals surface area contributed by atoms with E-state index in [-0.39, 0.29) is 0 Å². The highest BCUT2D eigenvalue weighted by Crippen LogP contribution is 2.29. The summed E-state index contributed by atoms with van der Waals surface area (Å²) in [6.45, 7) is 48.3. The summed E-state index contributed by atoms with van der Waals surface area (Å²) in [5.41, 5.74) is 0. The zero-order valence-electron chi connectivity index (χ0n) is 33.7. The first-order valence-corrected chi connectivity index (χ1v) is 49.2. The first kappa shape index (κ1) is 48.2. The molecule has 278 valence electrons. The Balaban J connectivity index is 5.28. The molecule has 0 saturated carbocycles. The molecule has 0 aromatic heterocycles. The van der Waals surface area contributed by atoms with Crippen molar-refractivity contribution in [1.82, 2.24) is 0 Å². The van der Waals surface area contributed by atoms with Gasteiger partial charge in [0.15, 0.2) is 16.6 Å². The molecule has 0 rings (SSSR count). The zero-order valence-corrected chi connectivity index (χ0v) is 46.2. The van der Waals surface area contributed by atoms with E-state index in [2.05, 4.69) is 144 Å². The van der Waals surface area contributed by atoms with Crippen LogP contribution in [0.3, 0.4) is 0 Å². The Kier molecular flexibility index (Phi) is 18.1. The highest BCUT2D eigenvalue weighted by atomic mass is 28.5. The van der Waals surface area contributed by atoms with E-state index in [9.17, 15) is 0 Å². The van der Waals surface area contributed by atoms with Crippen molar-refractivity contribution in [2.75, 3.05) is 0 Å². The summed E-state index contributed by atoms with van der Waals surface area (Å²) in [7, 11) is -26.9. The molecular weight excluding hydrogens is 789 g/mol. The second-order valence-corrected chi connectivity index (χ2v) is 58.2. The third kappa shape index (κ3) is 24.4. The highest BCUT2D eigenvalue weighted by Gasteiger charge is 2.49. The Morgan fingerprint density at radius 3 is 0.761 bits per heavy atom. The standard InChI is InChI=1S/C23H72O11Si12/c1-35(24-36(2)26-38(4,5)6)25-37(3)27-40(10,11)29-42(14,15)31-44(18,19)33-46(22,23)34-45(20,21)32-43(16,17)30-41(12,13)28-39(7,8)9/h35-37H,1-23H3. The minimum Gasteiger partial charge on any atom is -0.439 e. The van der Waals surface area contributed by atoms with E-state index in [4.69, 9.17) is 45.3 Å². The fourth-order valence-electron chi connectivity index (χ4n) is 5.96. The van der Waals surface area contributed by atoms with Gasteiger partial charge in [-0.15, -0.1) is 0 Å². The Morgan fingerprint density at radius 2 is 0.500 bits per heavy atom. The second-order valence-electron chi connectivity index (χ2n) is 16.9. The van der Waals surface area contributed by atoms with Gasteiger partial charge >= 0.3 is 59.9 Å². The summed E-state index contributed by atoms with van der Waals surface area (Å²) < 4.78 is 71.7. The minimum atomic E-state index is -2.66. The Bertz CT molecular complexity index is 941. The van der Waals surface area contributed by atoms with Gasteiger partial charge in [0.1, 0.15) is 0 Å². The van der Waals surface area contributed by atoms with Gasteiger partial charge in [0.25, 0.3) is 27.9 Å².